The van der Waals surface area contributed by atoms with Crippen LogP contribution in [0.25, 0.3) is 0 Å². The Morgan fingerprint density at radius 1 is 1.06 bits per heavy atom. The average molecular weight is 238 g/mol. The molecule has 2 atom stereocenters. The van der Waals surface area contributed by atoms with Gasteiger partial charge >= 0.3 is 0 Å². The summed E-state index contributed by atoms with van der Waals surface area (Å²) in [6, 6.07) is 1.51. The second kappa shape index (κ2) is 6.75. The summed E-state index contributed by atoms with van der Waals surface area (Å²) in [4.78, 5) is 2.76. The Bertz CT molecular complexity index is 209. The second-order valence-corrected chi connectivity index (χ2v) is 6.00. The molecule has 0 bridgehead atoms. The van der Waals surface area contributed by atoms with Crippen molar-refractivity contribution in [3.05, 3.63) is 0 Å². The molecule has 17 heavy (non-hydrogen) atoms. The highest BCUT2D eigenvalue weighted by molar-refractivity contribution is 4.89. The predicted octanol–water partition coefficient (Wildman–Crippen LogP) is 3.16. The molecular weight excluding hydrogens is 208 g/mol. The third-order valence-corrected chi connectivity index (χ3v) is 5.01. The van der Waals surface area contributed by atoms with Crippen LogP contribution in [-0.2, 0) is 0 Å². The summed E-state index contributed by atoms with van der Waals surface area (Å²) >= 11 is 0. The van der Waals surface area contributed by atoms with E-state index in [1.165, 1.54) is 64.3 Å². The molecule has 0 amide bonds. The summed E-state index contributed by atoms with van der Waals surface area (Å²) in [5.41, 5.74) is 6.11. The molecule has 100 valence electrons. The lowest BCUT2D eigenvalue weighted by atomic mass is 9.90. The first kappa shape index (κ1) is 13.4. The van der Waals surface area contributed by atoms with Crippen molar-refractivity contribution in [3.8, 4) is 0 Å². The highest BCUT2D eigenvalue weighted by Gasteiger charge is 2.33. The first-order chi connectivity index (χ1) is 8.36. The van der Waals surface area contributed by atoms with Crippen LogP contribution >= 0.6 is 0 Å². The van der Waals surface area contributed by atoms with Crippen molar-refractivity contribution >= 4 is 0 Å². The van der Waals surface area contributed by atoms with Crippen molar-refractivity contribution in [2.75, 3.05) is 13.1 Å². The van der Waals surface area contributed by atoms with E-state index in [1.807, 2.05) is 0 Å². The molecular formula is C15H30N2. The molecule has 2 fully saturated rings. The van der Waals surface area contributed by atoms with Crippen molar-refractivity contribution in [1.29, 1.82) is 0 Å². The van der Waals surface area contributed by atoms with Gasteiger partial charge in [-0.05, 0) is 44.6 Å². The van der Waals surface area contributed by atoms with Crippen molar-refractivity contribution in [1.82, 2.24) is 4.90 Å². The number of hydrogen-bond acceptors (Lipinski definition) is 2. The first-order valence-corrected chi connectivity index (χ1v) is 7.82. The Kier molecular flexibility index (Phi) is 5.30. The number of nitrogens with two attached hydrogens (primary N) is 1. The number of nitrogens with zero attached hydrogens (tertiary/aromatic N) is 1. The van der Waals surface area contributed by atoms with E-state index < -0.39 is 0 Å². The van der Waals surface area contributed by atoms with Gasteiger partial charge in [-0.2, -0.15) is 0 Å². The molecule has 2 nitrogen and oxygen atoms in total. The first-order valence-electron chi connectivity index (χ1n) is 7.82. The molecule has 2 unspecified atom stereocenters. The van der Waals surface area contributed by atoms with Gasteiger partial charge in [0.1, 0.15) is 0 Å². The maximum absolute atomic E-state index is 6.11. The van der Waals surface area contributed by atoms with E-state index in [-0.39, 0.29) is 0 Å². The van der Waals surface area contributed by atoms with E-state index in [0.717, 1.165) is 18.5 Å². The quantitative estimate of drug-likeness (QED) is 0.762. The molecule has 0 aromatic heterocycles. The van der Waals surface area contributed by atoms with E-state index in [0.29, 0.717) is 6.04 Å². The van der Waals surface area contributed by atoms with Gasteiger partial charge in [-0.25, -0.2) is 0 Å². The topological polar surface area (TPSA) is 29.3 Å². The molecule has 0 aromatic carbocycles. The van der Waals surface area contributed by atoms with Crippen LogP contribution in [0, 0.1) is 5.92 Å². The zero-order chi connectivity index (χ0) is 12.1. The van der Waals surface area contributed by atoms with Crippen LogP contribution in [-0.4, -0.2) is 30.1 Å². The van der Waals surface area contributed by atoms with Crippen LogP contribution < -0.4 is 5.73 Å². The minimum atomic E-state index is 0.681. The number of likely N-dealkylation sites (tertiary alicyclic amines) is 1. The van der Waals surface area contributed by atoms with Crippen LogP contribution in [0.4, 0.5) is 0 Å². The molecule has 1 saturated carbocycles. The van der Waals surface area contributed by atoms with Gasteiger partial charge in [-0.15, -0.1) is 0 Å². The Hall–Kier alpha value is -0.0800. The van der Waals surface area contributed by atoms with Crippen LogP contribution in [0.1, 0.15) is 64.7 Å². The van der Waals surface area contributed by atoms with Gasteiger partial charge in [0, 0.05) is 18.6 Å². The lowest BCUT2D eigenvalue weighted by molar-refractivity contribution is 0.120. The van der Waals surface area contributed by atoms with Gasteiger partial charge in [0.05, 0.1) is 0 Å². The van der Waals surface area contributed by atoms with Gasteiger partial charge in [0.15, 0.2) is 0 Å². The number of hydrogen-bond donors (Lipinski definition) is 1. The third-order valence-electron chi connectivity index (χ3n) is 5.01. The normalized spacial score (nSPS) is 30.4. The molecule has 2 rings (SSSR count). The van der Waals surface area contributed by atoms with Gasteiger partial charge in [0.2, 0.25) is 0 Å². The van der Waals surface area contributed by atoms with E-state index >= 15 is 0 Å². The molecule has 0 radical (unpaired) electrons. The average Bonchev–Trinajstić information content (AvgIpc) is 2.65. The predicted molar refractivity (Wildman–Crippen MR) is 74.1 cm³/mol. The Labute approximate surface area is 107 Å². The Morgan fingerprint density at radius 2 is 1.76 bits per heavy atom. The van der Waals surface area contributed by atoms with E-state index in [1.54, 1.807) is 0 Å². The summed E-state index contributed by atoms with van der Waals surface area (Å²) in [7, 11) is 0. The molecule has 2 N–H and O–H groups in total. The molecule has 1 heterocycles. The number of rotatable bonds is 4. The van der Waals surface area contributed by atoms with Crippen molar-refractivity contribution in [3.63, 3.8) is 0 Å². The highest BCUT2D eigenvalue weighted by atomic mass is 15.2. The molecule has 2 aliphatic rings. The van der Waals surface area contributed by atoms with Gasteiger partial charge < -0.3 is 5.73 Å². The summed E-state index contributed by atoms with van der Waals surface area (Å²) < 4.78 is 0. The molecule has 0 aromatic rings. The summed E-state index contributed by atoms with van der Waals surface area (Å²) in [6.45, 7) is 4.52. The fourth-order valence-corrected chi connectivity index (χ4v) is 4.03. The van der Waals surface area contributed by atoms with Crippen LogP contribution in [0.5, 0.6) is 0 Å². The van der Waals surface area contributed by atoms with E-state index in [4.69, 9.17) is 5.73 Å². The lowest BCUT2D eigenvalue weighted by Gasteiger charge is -2.37. The standard InChI is InChI=1S/C15H30N2/c1-2-14-10-7-11-17(14)15(12-16)13-8-5-3-4-6-9-13/h13-15H,2-12,16H2,1H3. The largest absolute Gasteiger partial charge is 0.329 e. The minimum Gasteiger partial charge on any atom is -0.329 e. The maximum atomic E-state index is 6.11. The van der Waals surface area contributed by atoms with Crippen LogP contribution in [0.3, 0.4) is 0 Å². The van der Waals surface area contributed by atoms with E-state index in [9.17, 15) is 0 Å². The Balaban J connectivity index is 1.98. The summed E-state index contributed by atoms with van der Waals surface area (Å²) in [5.74, 6) is 0.884. The Morgan fingerprint density at radius 3 is 2.35 bits per heavy atom. The molecule has 1 saturated heterocycles. The highest BCUT2D eigenvalue weighted by Crippen LogP contribution is 2.32. The maximum Gasteiger partial charge on any atom is 0.0249 e. The van der Waals surface area contributed by atoms with Gasteiger partial charge in [0.25, 0.3) is 0 Å². The smallest absolute Gasteiger partial charge is 0.0249 e. The molecule has 2 heteroatoms. The fourth-order valence-electron chi connectivity index (χ4n) is 4.03. The SMILES string of the molecule is CCC1CCCN1C(CN)C1CCCCCC1. The fraction of sp³-hybridized carbons (Fsp3) is 1.00. The molecule has 1 aliphatic carbocycles. The summed E-state index contributed by atoms with van der Waals surface area (Å²) in [6.07, 6.45) is 12.7. The zero-order valence-electron chi connectivity index (χ0n) is 11.5. The van der Waals surface area contributed by atoms with Crippen LogP contribution in [0.2, 0.25) is 0 Å². The third kappa shape index (κ3) is 3.23. The van der Waals surface area contributed by atoms with E-state index in [2.05, 4.69) is 11.8 Å². The van der Waals surface area contributed by atoms with Crippen molar-refractivity contribution in [2.24, 2.45) is 11.7 Å². The molecule has 0 spiro atoms. The van der Waals surface area contributed by atoms with Crippen molar-refractivity contribution in [2.45, 2.75) is 76.8 Å². The van der Waals surface area contributed by atoms with Crippen LogP contribution in [0.15, 0.2) is 0 Å². The zero-order valence-corrected chi connectivity index (χ0v) is 11.5. The van der Waals surface area contributed by atoms with Gasteiger partial charge in [-0.1, -0.05) is 32.6 Å². The van der Waals surface area contributed by atoms with Gasteiger partial charge in [-0.3, -0.25) is 4.90 Å². The van der Waals surface area contributed by atoms with Crippen molar-refractivity contribution < 1.29 is 0 Å². The minimum absolute atomic E-state index is 0.681. The molecule has 1 aliphatic heterocycles. The second-order valence-electron chi connectivity index (χ2n) is 6.00. The summed E-state index contributed by atoms with van der Waals surface area (Å²) in [5, 5.41) is 0. The monoisotopic (exact) mass is 238 g/mol. The lowest BCUT2D eigenvalue weighted by Crippen LogP contribution is -2.47.